The average molecular weight is 356 g/mol. The standard InChI is InChI=1S/C21H24O5/c1-25-17-12-15-6-3-2-4-8-16(22)11-10-14-7-5-9-19(14)26-21(24)20(15)18(23)13-17/h3,6,10,12-13,19,23H,2,4-5,7-9,11H2,1H3. The van der Waals surface area contributed by atoms with Crippen molar-refractivity contribution in [3.8, 4) is 11.5 Å². The minimum Gasteiger partial charge on any atom is -0.507 e. The van der Waals surface area contributed by atoms with Gasteiger partial charge in [-0.15, -0.1) is 0 Å². The maximum absolute atomic E-state index is 12.8. The summed E-state index contributed by atoms with van der Waals surface area (Å²) in [6.07, 6.45) is 10.2. The molecule has 1 heterocycles. The SMILES string of the molecule is COc1cc(O)c2c(c1)C=CCCCC(=O)CC=C1CCCC1OC2=O. The van der Waals surface area contributed by atoms with E-state index < -0.39 is 5.97 Å². The molecule has 0 aromatic heterocycles. The summed E-state index contributed by atoms with van der Waals surface area (Å²) < 4.78 is 10.9. The molecule has 3 rings (SSSR count). The molecule has 1 fully saturated rings. The topological polar surface area (TPSA) is 72.8 Å². The van der Waals surface area contributed by atoms with E-state index in [0.717, 1.165) is 37.7 Å². The predicted octanol–water partition coefficient (Wildman–Crippen LogP) is 4.19. The summed E-state index contributed by atoms with van der Waals surface area (Å²) in [6, 6.07) is 3.12. The Morgan fingerprint density at radius 2 is 2.04 bits per heavy atom. The third-order valence-corrected chi connectivity index (χ3v) is 4.87. The van der Waals surface area contributed by atoms with Gasteiger partial charge in [0.1, 0.15) is 28.9 Å². The average Bonchev–Trinajstić information content (AvgIpc) is 3.05. The fraction of sp³-hybridized carbons (Fsp3) is 0.429. The lowest BCUT2D eigenvalue weighted by molar-refractivity contribution is -0.118. The molecule has 5 nitrogen and oxygen atoms in total. The molecule has 0 amide bonds. The van der Waals surface area contributed by atoms with Gasteiger partial charge in [-0.25, -0.2) is 4.79 Å². The highest BCUT2D eigenvalue weighted by Gasteiger charge is 2.27. The van der Waals surface area contributed by atoms with Crippen LogP contribution in [0, 0.1) is 0 Å². The number of hydrogen-bond donors (Lipinski definition) is 1. The molecular weight excluding hydrogens is 332 g/mol. The number of esters is 1. The van der Waals surface area contributed by atoms with E-state index in [9.17, 15) is 14.7 Å². The molecule has 2 aliphatic rings. The molecule has 5 heteroatoms. The molecular formula is C21H24O5. The van der Waals surface area contributed by atoms with E-state index in [4.69, 9.17) is 9.47 Å². The van der Waals surface area contributed by atoms with E-state index in [1.807, 2.05) is 12.2 Å². The molecule has 26 heavy (non-hydrogen) atoms. The van der Waals surface area contributed by atoms with Gasteiger partial charge >= 0.3 is 5.97 Å². The highest BCUT2D eigenvalue weighted by molar-refractivity contribution is 5.97. The number of ether oxygens (including phenoxy) is 2. The van der Waals surface area contributed by atoms with Crippen molar-refractivity contribution < 1.29 is 24.2 Å². The van der Waals surface area contributed by atoms with Crippen molar-refractivity contribution in [1.82, 2.24) is 0 Å². The minimum atomic E-state index is -0.550. The van der Waals surface area contributed by atoms with Crippen LogP contribution in [0.2, 0.25) is 0 Å². The van der Waals surface area contributed by atoms with Crippen LogP contribution >= 0.6 is 0 Å². The summed E-state index contributed by atoms with van der Waals surface area (Å²) in [5.41, 5.74) is 1.72. The smallest absolute Gasteiger partial charge is 0.343 e. The van der Waals surface area contributed by atoms with Gasteiger partial charge in [-0.3, -0.25) is 4.79 Å². The molecule has 1 aliphatic heterocycles. The highest BCUT2D eigenvalue weighted by Crippen LogP contribution is 2.33. The number of ketones is 1. The van der Waals surface area contributed by atoms with Crippen LogP contribution in [0.1, 0.15) is 60.9 Å². The molecule has 1 unspecified atom stereocenters. The van der Waals surface area contributed by atoms with Gasteiger partial charge in [0.05, 0.1) is 7.11 Å². The number of fused-ring (bicyclic) bond motifs is 2. The quantitative estimate of drug-likeness (QED) is 0.603. The van der Waals surface area contributed by atoms with E-state index in [0.29, 0.717) is 24.2 Å². The van der Waals surface area contributed by atoms with Crippen LogP contribution in [-0.2, 0) is 9.53 Å². The van der Waals surface area contributed by atoms with Crippen LogP contribution in [-0.4, -0.2) is 30.1 Å². The fourth-order valence-corrected chi connectivity index (χ4v) is 3.46. The largest absolute Gasteiger partial charge is 0.507 e. The van der Waals surface area contributed by atoms with Crippen molar-refractivity contribution in [2.75, 3.05) is 7.11 Å². The van der Waals surface area contributed by atoms with Gasteiger partial charge in [-0.05, 0) is 49.3 Å². The van der Waals surface area contributed by atoms with Gasteiger partial charge in [0.25, 0.3) is 0 Å². The molecule has 1 aromatic rings. The number of carbonyl (C=O) groups is 2. The van der Waals surface area contributed by atoms with Crippen molar-refractivity contribution in [3.05, 3.63) is 41.0 Å². The van der Waals surface area contributed by atoms with Crippen LogP contribution in [0.25, 0.3) is 6.08 Å². The molecule has 1 aliphatic carbocycles. The molecule has 0 radical (unpaired) electrons. The maximum atomic E-state index is 12.8. The molecule has 0 saturated heterocycles. The van der Waals surface area contributed by atoms with Crippen LogP contribution in [0.5, 0.6) is 11.5 Å². The molecule has 0 spiro atoms. The second-order valence-corrected chi connectivity index (χ2v) is 6.71. The lowest BCUT2D eigenvalue weighted by atomic mass is 10.0. The Balaban J connectivity index is 1.98. The van der Waals surface area contributed by atoms with Crippen molar-refractivity contribution in [3.63, 3.8) is 0 Å². The first kappa shape index (κ1) is 18.2. The van der Waals surface area contributed by atoms with E-state index in [1.165, 1.54) is 13.2 Å². The number of hydrogen-bond acceptors (Lipinski definition) is 5. The van der Waals surface area contributed by atoms with Crippen LogP contribution in [0.4, 0.5) is 0 Å². The summed E-state index contributed by atoms with van der Waals surface area (Å²) in [7, 11) is 1.51. The number of benzene rings is 1. The summed E-state index contributed by atoms with van der Waals surface area (Å²) >= 11 is 0. The van der Waals surface area contributed by atoms with Crippen molar-refractivity contribution in [2.24, 2.45) is 0 Å². The van der Waals surface area contributed by atoms with E-state index >= 15 is 0 Å². The molecule has 0 bridgehead atoms. The van der Waals surface area contributed by atoms with E-state index in [1.54, 1.807) is 12.1 Å². The summed E-state index contributed by atoms with van der Waals surface area (Å²) in [6.45, 7) is 0. The number of methoxy groups -OCH3 is 1. The van der Waals surface area contributed by atoms with Gasteiger partial charge in [0.2, 0.25) is 0 Å². The van der Waals surface area contributed by atoms with Gasteiger partial charge in [0, 0.05) is 18.9 Å². The number of Topliss-reactive ketones (excluding diaryl/α,β-unsaturated/α-hetero) is 1. The molecule has 1 atom stereocenters. The van der Waals surface area contributed by atoms with Gasteiger partial charge in [-0.1, -0.05) is 18.2 Å². The number of phenolic OH excluding ortho intramolecular Hbond substituents is 1. The second kappa shape index (κ2) is 8.21. The lowest BCUT2D eigenvalue weighted by Crippen LogP contribution is -2.18. The predicted molar refractivity (Wildman–Crippen MR) is 98.3 cm³/mol. The van der Waals surface area contributed by atoms with Crippen LogP contribution in [0.3, 0.4) is 0 Å². The van der Waals surface area contributed by atoms with Crippen molar-refractivity contribution >= 4 is 17.8 Å². The van der Waals surface area contributed by atoms with Crippen LogP contribution < -0.4 is 4.74 Å². The summed E-state index contributed by atoms with van der Waals surface area (Å²) in [5.74, 6) is -0.0260. The first-order chi connectivity index (χ1) is 12.6. The van der Waals surface area contributed by atoms with E-state index in [-0.39, 0.29) is 23.2 Å². The van der Waals surface area contributed by atoms with Gasteiger partial charge < -0.3 is 14.6 Å². The maximum Gasteiger partial charge on any atom is 0.343 e. The zero-order chi connectivity index (χ0) is 18.5. The molecule has 1 aromatic carbocycles. The second-order valence-electron chi connectivity index (χ2n) is 6.71. The number of aromatic hydroxyl groups is 1. The van der Waals surface area contributed by atoms with Gasteiger partial charge in [0.15, 0.2) is 0 Å². The lowest BCUT2D eigenvalue weighted by Gasteiger charge is -2.17. The number of phenols is 1. The Bertz CT molecular complexity index is 760. The fourth-order valence-electron chi connectivity index (χ4n) is 3.46. The Labute approximate surface area is 153 Å². The van der Waals surface area contributed by atoms with E-state index in [2.05, 4.69) is 0 Å². The highest BCUT2D eigenvalue weighted by atomic mass is 16.5. The number of carbonyl (C=O) groups excluding carboxylic acids is 2. The zero-order valence-corrected chi connectivity index (χ0v) is 15.0. The van der Waals surface area contributed by atoms with Crippen LogP contribution in [0.15, 0.2) is 29.9 Å². The Morgan fingerprint density at radius 1 is 1.19 bits per heavy atom. The minimum absolute atomic E-state index is 0.153. The Kier molecular flexibility index (Phi) is 5.76. The third-order valence-electron chi connectivity index (χ3n) is 4.87. The number of rotatable bonds is 1. The van der Waals surface area contributed by atoms with Gasteiger partial charge in [-0.2, -0.15) is 0 Å². The first-order valence-electron chi connectivity index (χ1n) is 9.07. The molecule has 138 valence electrons. The third kappa shape index (κ3) is 4.15. The van der Waals surface area contributed by atoms with Crippen molar-refractivity contribution in [2.45, 2.75) is 51.0 Å². The Morgan fingerprint density at radius 3 is 2.85 bits per heavy atom. The first-order valence-corrected chi connectivity index (χ1v) is 9.07. The zero-order valence-electron chi connectivity index (χ0n) is 15.0. The Hall–Kier alpha value is -2.56. The molecule has 1 N–H and O–H groups in total. The molecule has 1 saturated carbocycles. The van der Waals surface area contributed by atoms with Crippen molar-refractivity contribution in [1.29, 1.82) is 0 Å². The summed E-state index contributed by atoms with van der Waals surface area (Å²) in [4.78, 5) is 24.8. The normalized spacial score (nSPS) is 21.3. The number of allylic oxidation sites excluding steroid dienone is 2. The monoisotopic (exact) mass is 356 g/mol. The summed E-state index contributed by atoms with van der Waals surface area (Å²) in [5, 5.41) is 10.3.